The molecule has 2 atom stereocenters. The summed E-state index contributed by atoms with van der Waals surface area (Å²) in [5, 5.41) is 8.17. The van der Waals surface area contributed by atoms with E-state index in [9.17, 15) is 4.79 Å². The zero-order valence-corrected chi connectivity index (χ0v) is 17.6. The Morgan fingerprint density at radius 1 is 1.10 bits per heavy atom. The Hall–Kier alpha value is -2.60. The fourth-order valence-electron chi connectivity index (χ4n) is 3.23. The van der Waals surface area contributed by atoms with Gasteiger partial charge in [0.25, 0.3) is 0 Å². The number of nitrogens with zero attached hydrogens (tertiary/aromatic N) is 3. The van der Waals surface area contributed by atoms with Crippen LogP contribution in [0.1, 0.15) is 49.9 Å². The van der Waals surface area contributed by atoms with E-state index in [2.05, 4.69) is 24.4 Å². The minimum Gasteiger partial charge on any atom is -0.355 e. The van der Waals surface area contributed by atoms with E-state index in [0.29, 0.717) is 17.6 Å². The molecular formula is C23H26N4OS. The molecule has 29 heavy (non-hydrogen) atoms. The topological polar surface area (TPSA) is 59.8 Å². The fourth-order valence-corrected chi connectivity index (χ4v) is 4.01. The maximum Gasteiger partial charge on any atom is 0.233 e. The van der Waals surface area contributed by atoms with Crippen LogP contribution in [0.15, 0.2) is 65.8 Å². The summed E-state index contributed by atoms with van der Waals surface area (Å²) >= 11 is 1.42. The summed E-state index contributed by atoms with van der Waals surface area (Å²) in [5.74, 6) is 1.77. The number of carbonyl (C=O) groups is 1. The van der Waals surface area contributed by atoms with Gasteiger partial charge >= 0.3 is 0 Å². The van der Waals surface area contributed by atoms with Crippen molar-refractivity contribution in [2.75, 3.05) is 6.54 Å². The molecule has 150 valence electrons. The monoisotopic (exact) mass is 406 g/mol. The molecule has 4 rings (SSSR count). The number of para-hydroxylation sites is 1. The van der Waals surface area contributed by atoms with Crippen molar-refractivity contribution in [3.8, 4) is 5.69 Å². The van der Waals surface area contributed by atoms with E-state index in [1.165, 1.54) is 17.3 Å². The largest absolute Gasteiger partial charge is 0.355 e. The van der Waals surface area contributed by atoms with Crippen LogP contribution in [0.2, 0.25) is 0 Å². The SMILES string of the molecule is CC(Sc1nc(C2CC2)n(-c2ccccc2)n1)C(=O)NCC(C)c1ccccc1. The molecule has 0 radical (unpaired) electrons. The zero-order valence-electron chi connectivity index (χ0n) is 16.8. The fraction of sp³-hybridized carbons (Fsp3) is 0.348. The van der Waals surface area contributed by atoms with Crippen molar-refractivity contribution in [2.24, 2.45) is 0 Å². The molecule has 5 nitrogen and oxygen atoms in total. The molecule has 0 bridgehead atoms. The van der Waals surface area contributed by atoms with Crippen LogP contribution in [0.5, 0.6) is 0 Å². The molecule has 1 heterocycles. The van der Waals surface area contributed by atoms with E-state index >= 15 is 0 Å². The van der Waals surface area contributed by atoms with Gasteiger partial charge in [0.1, 0.15) is 5.82 Å². The van der Waals surface area contributed by atoms with Gasteiger partial charge in [-0.15, -0.1) is 5.10 Å². The smallest absolute Gasteiger partial charge is 0.233 e. The standard InChI is InChI=1S/C23H26N4OS/c1-16(18-9-5-3-6-10-18)15-24-22(28)17(2)29-23-25-21(19-13-14-19)27(26-23)20-11-7-4-8-12-20/h3-12,16-17,19H,13-15H2,1-2H3,(H,24,28). The van der Waals surface area contributed by atoms with Gasteiger partial charge in [-0.2, -0.15) is 0 Å². The third kappa shape index (κ3) is 4.88. The second-order valence-corrected chi connectivity index (χ2v) is 8.90. The van der Waals surface area contributed by atoms with Gasteiger partial charge in [-0.05, 0) is 43.4 Å². The van der Waals surface area contributed by atoms with Gasteiger partial charge in [-0.25, -0.2) is 9.67 Å². The highest BCUT2D eigenvalue weighted by Gasteiger charge is 2.31. The first kappa shape index (κ1) is 19.7. The van der Waals surface area contributed by atoms with Crippen LogP contribution in [0.4, 0.5) is 0 Å². The number of carbonyl (C=O) groups excluding carboxylic acids is 1. The summed E-state index contributed by atoms with van der Waals surface area (Å²) in [7, 11) is 0. The molecule has 1 amide bonds. The number of amides is 1. The highest BCUT2D eigenvalue weighted by atomic mass is 32.2. The number of hydrogen-bond acceptors (Lipinski definition) is 4. The van der Waals surface area contributed by atoms with E-state index in [1.807, 2.05) is 60.1 Å². The molecule has 6 heteroatoms. The van der Waals surface area contributed by atoms with Gasteiger partial charge in [0.15, 0.2) is 0 Å². The van der Waals surface area contributed by atoms with Crippen LogP contribution in [0, 0.1) is 0 Å². The first-order valence-corrected chi connectivity index (χ1v) is 11.0. The first-order chi connectivity index (χ1) is 14.1. The third-order valence-corrected chi connectivity index (χ3v) is 6.11. The van der Waals surface area contributed by atoms with Gasteiger partial charge in [-0.3, -0.25) is 4.79 Å². The number of nitrogens with one attached hydrogen (secondary N) is 1. The maximum absolute atomic E-state index is 12.6. The lowest BCUT2D eigenvalue weighted by molar-refractivity contribution is -0.120. The van der Waals surface area contributed by atoms with E-state index in [0.717, 1.165) is 24.4 Å². The molecule has 1 aromatic heterocycles. The summed E-state index contributed by atoms with van der Waals surface area (Å²) < 4.78 is 1.93. The Morgan fingerprint density at radius 3 is 2.41 bits per heavy atom. The Morgan fingerprint density at radius 2 is 1.76 bits per heavy atom. The Balaban J connectivity index is 1.39. The highest BCUT2D eigenvalue weighted by Crippen LogP contribution is 2.40. The van der Waals surface area contributed by atoms with Crippen LogP contribution in [0.25, 0.3) is 5.69 Å². The molecule has 2 aromatic carbocycles. The molecule has 3 aromatic rings. The van der Waals surface area contributed by atoms with Crippen molar-refractivity contribution < 1.29 is 4.79 Å². The van der Waals surface area contributed by atoms with Gasteiger partial charge < -0.3 is 5.32 Å². The van der Waals surface area contributed by atoms with Crippen molar-refractivity contribution in [1.82, 2.24) is 20.1 Å². The molecule has 1 aliphatic carbocycles. The molecule has 1 saturated carbocycles. The molecule has 1 fully saturated rings. The molecule has 2 unspecified atom stereocenters. The molecule has 0 spiro atoms. The lowest BCUT2D eigenvalue weighted by atomic mass is 10.0. The van der Waals surface area contributed by atoms with E-state index < -0.39 is 0 Å². The molecule has 1 aliphatic rings. The number of thioether (sulfide) groups is 1. The first-order valence-electron chi connectivity index (χ1n) is 10.1. The van der Waals surface area contributed by atoms with E-state index in [-0.39, 0.29) is 17.1 Å². The minimum atomic E-state index is -0.253. The molecular weight excluding hydrogens is 380 g/mol. The predicted molar refractivity (Wildman–Crippen MR) is 117 cm³/mol. The van der Waals surface area contributed by atoms with Crippen LogP contribution >= 0.6 is 11.8 Å². The number of aromatic nitrogens is 3. The maximum atomic E-state index is 12.6. The predicted octanol–water partition coefficient (Wildman–Crippen LogP) is 4.55. The van der Waals surface area contributed by atoms with E-state index in [1.54, 1.807) is 0 Å². The normalized spacial score (nSPS) is 15.7. The second kappa shape index (κ2) is 8.82. The van der Waals surface area contributed by atoms with Gasteiger partial charge in [0, 0.05) is 12.5 Å². The van der Waals surface area contributed by atoms with Crippen molar-refractivity contribution in [1.29, 1.82) is 0 Å². The second-order valence-electron chi connectivity index (χ2n) is 7.59. The average molecular weight is 407 g/mol. The van der Waals surface area contributed by atoms with Crippen molar-refractivity contribution in [2.45, 2.75) is 48.9 Å². The Kier molecular flexibility index (Phi) is 6.00. The summed E-state index contributed by atoms with van der Waals surface area (Å²) in [4.78, 5) is 17.3. The number of rotatable bonds is 8. The lowest BCUT2D eigenvalue weighted by Crippen LogP contribution is -2.33. The highest BCUT2D eigenvalue weighted by molar-refractivity contribution is 8.00. The molecule has 0 aliphatic heterocycles. The van der Waals surface area contributed by atoms with Gasteiger partial charge in [0.2, 0.25) is 11.1 Å². The van der Waals surface area contributed by atoms with Crippen LogP contribution in [0.3, 0.4) is 0 Å². The van der Waals surface area contributed by atoms with Crippen LogP contribution < -0.4 is 5.32 Å². The third-order valence-electron chi connectivity index (χ3n) is 5.16. The molecule has 1 N–H and O–H groups in total. The minimum absolute atomic E-state index is 0.0156. The average Bonchev–Trinajstić information content (AvgIpc) is 3.53. The summed E-state index contributed by atoms with van der Waals surface area (Å²) in [6, 6.07) is 20.3. The number of benzene rings is 2. The summed E-state index contributed by atoms with van der Waals surface area (Å²) in [5.41, 5.74) is 2.24. The summed E-state index contributed by atoms with van der Waals surface area (Å²) in [6.07, 6.45) is 2.31. The lowest BCUT2D eigenvalue weighted by Gasteiger charge is -2.15. The Bertz CT molecular complexity index is 954. The summed E-state index contributed by atoms with van der Waals surface area (Å²) in [6.45, 7) is 4.65. The Labute approximate surface area is 175 Å². The molecule has 0 saturated heterocycles. The van der Waals surface area contributed by atoms with Gasteiger partial charge in [-0.1, -0.05) is 67.2 Å². The van der Waals surface area contributed by atoms with E-state index in [4.69, 9.17) is 10.1 Å². The van der Waals surface area contributed by atoms with Crippen molar-refractivity contribution in [3.63, 3.8) is 0 Å². The zero-order chi connectivity index (χ0) is 20.2. The van der Waals surface area contributed by atoms with Crippen LogP contribution in [-0.4, -0.2) is 32.5 Å². The number of hydrogen-bond donors (Lipinski definition) is 1. The van der Waals surface area contributed by atoms with Crippen LogP contribution in [-0.2, 0) is 4.79 Å². The van der Waals surface area contributed by atoms with Gasteiger partial charge in [0.05, 0.1) is 10.9 Å². The van der Waals surface area contributed by atoms with Crippen molar-refractivity contribution >= 4 is 17.7 Å². The quantitative estimate of drug-likeness (QED) is 0.558. The van der Waals surface area contributed by atoms with Crippen molar-refractivity contribution in [3.05, 3.63) is 72.1 Å².